The summed E-state index contributed by atoms with van der Waals surface area (Å²) in [6.07, 6.45) is 7.96. The highest BCUT2D eigenvalue weighted by Gasteiger charge is 2.89. The van der Waals surface area contributed by atoms with E-state index in [1.165, 1.54) is 38.0 Å². The molecule has 4 heteroatoms. The van der Waals surface area contributed by atoms with Gasteiger partial charge >= 0.3 is 0 Å². The van der Waals surface area contributed by atoms with E-state index in [2.05, 4.69) is 51.5 Å². The predicted molar refractivity (Wildman–Crippen MR) is 91.3 cm³/mol. The maximum absolute atomic E-state index is 4.42. The van der Waals surface area contributed by atoms with Crippen molar-refractivity contribution >= 4 is 5.69 Å². The van der Waals surface area contributed by atoms with Gasteiger partial charge in [-0.15, -0.1) is 0 Å². The van der Waals surface area contributed by atoms with Crippen LogP contribution in [0.5, 0.6) is 0 Å². The second-order valence-electron chi connectivity index (χ2n) is 7.50. The van der Waals surface area contributed by atoms with Crippen molar-refractivity contribution in [1.82, 2.24) is 14.9 Å². The van der Waals surface area contributed by atoms with Gasteiger partial charge in [0.25, 0.3) is 0 Å². The third kappa shape index (κ3) is 1.73. The Kier molecular flexibility index (Phi) is 2.72. The summed E-state index contributed by atoms with van der Waals surface area (Å²) >= 11 is 0. The number of rotatable bonds is 4. The average Bonchev–Trinajstić information content (AvgIpc) is 3.33. The summed E-state index contributed by atoms with van der Waals surface area (Å²) in [6, 6.07) is 8.96. The second kappa shape index (κ2) is 4.60. The van der Waals surface area contributed by atoms with E-state index in [1.54, 1.807) is 5.56 Å². The second-order valence-corrected chi connectivity index (χ2v) is 7.50. The number of para-hydroxylation sites is 1. The zero-order valence-electron chi connectivity index (χ0n) is 13.7. The van der Waals surface area contributed by atoms with Gasteiger partial charge in [0, 0.05) is 30.5 Å². The predicted octanol–water partition coefficient (Wildman–Crippen LogP) is 2.67. The quantitative estimate of drug-likeness (QED) is 0.912. The highest BCUT2D eigenvalue weighted by molar-refractivity contribution is 5.65. The molecule has 1 spiro atoms. The Morgan fingerprint density at radius 3 is 3.13 bits per heavy atom. The molecule has 1 aromatic carbocycles. The minimum atomic E-state index is 0.486. The van der Waals surface area contributed by atoms with E-state index >= 15 is 0 Å². The van der Waals surface area contributed by atoms with E-state index < -0.39 is 0 Å². The molecule has 3 fully saturated rings. The SMILES string of the molecule is Cn1ccnc1CNc1ccccc1C12CC13CCNCCC32. The molecule has 5 rings (SSSR count). The molecule has 3 aliphatic rings. The maximum atomic E-state index is 4.42. The van der Waals surface area contributed by atoms with Gasteiger partial charge in [0.15, 0.2) is 0 Å². The number of fused-ring (bicyclic) bond motifs is 1. The van der Waals surface area contributed by atoms with Crippen LogP contribution in [0.25, 0.3) is 0 Å². The van der Waals surface area contributed by atoms with Gasteiger partial charge in [0.05, 0.1) is 6.54 Å². The first-order chi connectivity index (χ1) is 11.3. The van der Waals surface area contributed by atoms with E-state index in [0.29, 0.717) is 10.8 Å². The van der Waals surface area contributed by atoms with E-state index in [4.69, 9.17) is 0 Å². The zero-order valence-corrected chi connectivity index (χ0v) is 13.7. The van der Waals surface area contributed by atoms with Crippen molar-refractivity contribution in [3.8, 4) is 0 Å². The lowest BCUT2D eigenvalue weighted by Crippen LogP contribution is -2.17. The number of hydrogen-bond donors (Lipinski definition) is 2. The van der Waals surface area contributed by atoms with Crippen LogP contribution in [0.4, 0.5) is 5.69 Å². The van der Waals surface area contributed by atoms with Crippen LogP contribution in [0.3, 0.4) is 0 Å². The summed E-state index contributed by atoms with van der Waals surface area (Å²) in [5.41, 5.74) is 3.98. The number of anilines is 1. The van der Waals surface area contributed by atoms with E-state index in [9.17, 15) is 0 Å². The Bertz CT molecular complexity index is 751. The van der Waals surface area contributed by atoms with Crippen LogP contribution in [0, 0.1) is 11.3 Å². The molecule has 2 saturated carbocycles. The summed E-state index contributed by atoms with van der Waals surface area (Å²) < 4.78 is 2.08. The Labute approximate surface area is 137 Å². The normalized spacial score (nSPS) is 34.2. The molecule has 1 saturated heterocycles. The van der Waals surface area contributed by atoms with Crippen molar-refractivity contribution in [3.63, 3.8) is 0 Å². The molecule has 0 bridgehead atoms. The third-order valence-corrected chi connectivity index (χ3v) is 6.66. The number of imidazole rings is 1. The summed E-state index contributed by atoms with van der Waals surface area (Å²) in [7, 11) is 2.05. The molecule has 1 aromatic heterocycles. The fourth-order valence-corrected chi connectivity index (χ4v) is 5.34. The number of nitrogens with zero attached hydrogens (tertiary/aromatic N) is 2. The Morgan fingerprint density at radius 2 is 2.26 bits per heavy atom. The third-order valence-electron chi connectivity index (χ3n) is 6.66. The summed E-state index contributed by atoms with van der Waals surface area (Å²) in [4.78, 5) is 4.42. The smallest absolute Gasteiger partial charge is 0.127 e. The van der Waals surface area contributed by atoms with E-state index in [0.717, 1.165) is 18.3 Å². The lowest BCUT2D eigenvalue weighted by Gasteiger charge is -2.17. The number of aryl methyl sites for hydroxylation is 1. The molecule has 2 heterocycles. The fourth-order valence-electron chi connectivity index (χ4n) is 5.34. The van der Waals surface area contributed by atoms with Crippen molar-refractivity contribution in [2.75, 3.05) is 18.4 Å². The van der Waals surface area contributed by atoms with Gasteiger partial charge in [-0.2, -0.15) is 0 Å². The Balaban J connectivity index is 1.41. The van der Waals surface area contributed by atoms with Crippen molar-refractivity contribution in [2.24, 2.45) is 18.4 Å². The van der Waals surface area contributed by atoms with Gasteiger partial charge < -0.3 is 15.2 Å². The molecular formula is C19H24N4. The number of aromatic nitrogens is 2. The molecule has 2 aromatic rings. The number of nitrogens with one attached hydrogen (secondary N) is 2. The molecule has 23 heavy (non-hydrogen) atoms. The molecule has 2 aliphatic carbocycles. The van der Waals surface area contributed by atoms with Crippen LogP contribution in [0.2, 0.25) is 0 Å². The van der Waals surface area contributed by atoms with Crippen LogP contribution in [-0.2, 0) is 19.0 Å². The molecule has 0 radical (unpaired) electrons. The minimum Gasteiger partial charge on any atom is -0.378 e. The highest BCUT2D eigenvalue weighted by atomic mass is 15.1. The summed E-state index contributed by atoms with van der Waals surface area (Å²) in [5, 5.41) is 7.22. The first-order valence-electron chi connectivity index (χ1n) is 8.78. The maximum Gasteiger partial charge on any atom is 0.127 e. The van der Waals surface area contributed by atoms with Crippen molar-refractivity contribution in [1.29, 1.82) is 0 Å². The van der Waals surface area contributed by atoms with Gasteiger partial charge in [-0.25, -0.2) is 4.98 Å². The molecule has 4 nitrogen and oxygen atoms in total. The lowest BCUT2D eigenvalue weighted by molar-refractivity contribution is 0.464. The molecule has 1 aliphatic heterocycles. The molecule has 3 atom stereocenters. The summed E-state index contributed by atoms with van der Waals surface area (Å²) in [5.74, 6) is 1.98. The van der Waals surface area contributed by atoms with Crippen LogP contribution in [0.15, 0.2) is 36.7 Å². The minimum absolute atomic E-state index is 0.486. The van der Waals surface area contributed by atoms with Gasteiger partial charge in [-0.3, -0.25) is 0 Å². The van der Waals surface area contributed by atoms with Gasteiger partial charge in [-0.1, -0.05) is 18.2 Å². The van der Waals surface area contributed by atoms with Gasteiger partial charge in [-0.05, 0) is 55.3 Å². The molecule has 0 amide bonds. The van der Waals surface area contributed by atoms with Crippen LogP contribution in [-0.4, -0.2) is 22.6 Å². The van der Waals surface area contributed by atoms with Crippen LogP contribution in [0.1, 0.15) is 30.7 Å². The Hall–Kier alpha value is -1.81. The van der Waals surface area contributed by atoms with Gasteiger partial charge in [0.1, 0.15) is 5.82 Å². The first kappa shape index (κ1) is 13.6. The number of benzene rings is 1. The van der Waals surface area contributed by atoms with Crippen LogP contribution >= 0.6 is 0 Å². The standard InChI is InChI=1S/C19H24N4/c1-23-11-10-21-17(23)12-22-15-5-3-2-4-14(15)19-13-18(19)7-9-20-8-6-16(18)19/h2-5,10-11,16,20,22H,6-9,12-13H2,1H3. The van der Waals surface area contributed by atoms with Crippen LogP contribution < -0.4 is 10.6 Å². The lowest BCUT2D eigenvalue weighted by atomic mass is 9.92. The summed E-state index contributed by atoms with van der Waals surface area (Å²) in [6.45, 7) is 3.17. The van der Waals surface area contributed by atoms with Crippen molar-refractivity contribution in [3.05, 3.63) is 48.0 Å². The molecule has 3 unspecified atom stereocenters. The van der Waals surface area contributed by atoms with E-state index in [1.807, 2.05) is 12.4 Å². The number of hydrogen-bond acceptors (Lipinski definition) is 3. The van der Waals surface area contributed by atoms with Gasteiger partial charge in [0.2, 0.25) is 0 Å². The fraction of sp³-hybridized carbons (Fsp3) is 0.526. The zero-order chi connectivity index (χ0) is 15.5. The highest BCUT2D eigenvalue weighted by Crippen LogP contribution is 2.92. The Morgan fingerprint density at radius 1 is 1.35 bits per heavy atom. The topological polar surface area (TPSA) is 41.9 Å². The molecular weight excluding hydrogens is 284 g/mol. The first-order valence-corrected chi connectivity index (χ1v) is 8.78. The average molecular weight is 308 g/mol. The van der Waals surface area contributed by atoms with Crippen molar-refractivity contribution < 1.29 is 0 Å². The van der Waals surface area contributed by atoms with E-state index in [-0.39, 0.29) is 0 Å². The molecule has 2 N–H and O–H groups in total. The monoisotopic (exact) mass is 308 g/mol. The largest absolute Gasteiger partial charge is 0.378 e. The molecule has 120 valence electrons. The van der Waals surface area contributed by atoms with Crippen molar-refractivity contribution in [2.45, 2.75) is 31.2 Å².